The quantitative estimate of drug-likeness (QED) is 0.493. The Bertz CT molecular complexity index is 492. The van der Waals surface area contributed by atoms with E-state index in [4.69, 9.17) is 0 Å². The van der Waals surface area contributed by atoms with E-state index in [2.05, 4.69) is 4.74 Å². The summed E-state index contributed by atoms with van der Waals surface area (Å²) in [7, 11) is 0. The van der Waals surface area contributed by atoms with Crippen LogP contribution in [0.15, 0.2) is 0 Å². The van der Waals surface area contributed by atoms with Gasteiger partial charge in [-0.25, -0.2) is 4.79 Å². The van der Waals surface area contributed by atoms with E-state index in [1.807, 2.05) is 0 Å². The van der Waals surface area contributed by atoms with Gasteiger partial charge in [-0.2, -0.15) is 30.7 Å². The number of ether oxygens (including phenoxy) is 1. The number of rotatable bonds is 8. The molecule has 0 radical (unpaired) electrons. The number of carbonyl (C=O) groups is 3. The average molecular weight is 370 g/mol. The minimum atomic E-state index is -6.76. The molecule has 1 N–H and O–H groups in total. The van der Waals surface area contributed by atoms with Crippen molar-refractivity contribution in [1.82, 2.24) is 5.32 Å². The van der Waals surface area contributed by atoms with Gasteiger partial charge >= 0.3 is 24.0 Å². The number of carbonyl (C=O) groups excluding carboxylic acids is 3. The van der Waals surface area contributed by atoms with Gasteiger partial charge in [-0.15, -0.1) is 0 Å². The van der Waals surface area contributed by atoms with Crippen LogP contribution < -0.4 is 10.4 Å². The smallest absolute Gasteiger partial charge is 0.460 e. The van der Waals surface area contributed by atoms with Crippen molar-refractivity contribution in [3.05, 3.63) is 0 Å². The van der Waals surface area contributed by atoms with Crippen molar-refractivity contribution in [2.24, 2.45) is 0 Å². The second-order valence-corrected chi connectivity index (χ2v) is 4.42. The third-order valence-electron chi connectivity index (χ3n) is 2.44. The third-order valence-corrected chi connectivity index (χ3v) is 2.44. The van der Waals surface area contributed by atoms with E-state index in [1.54, 1.807) is 0 Å². The fourth-order valence-corrected chi connectivity index (χ4v) is 1.23. The van der Waals surface area contributed by atoms with Crippen LogP contribution in [0.3, 0.4) is 0 Å². The molecule has 0 unspecified atom stereocenters. The van der Waals surface area contributed by atoms with E-state index in [0.717, 1.165) is 5.32 Å². The summed E-state index contributed by atoms with van der Waals surface area (Å²) in [6.07, 6.45) is -8.04. The molecule has 0 bridgehead atoms. The molecule has 0 saturated heterocycles. The summed E-state index contributed by atoms with van der Waals surface area (Å²) in [6, 6.07) is -2.43. The maximum Gasteiger partial charge on any atom is 0.460 e. The molecule has 13 heteroatoms. The van der Waals surface area contributed by atoms with Gasteiger partial charge in [0.05, 0.1) is 6.61 Å². The monoisotopic (exact) mass is 370 g/mol. The molecular formula is C11H11F7NO5-. The summed E-state index contributed by atoms with van der Waals surface area (Å²) in [4.78, 5) is 32.8. The van der Waals surface area contributed by atoms with Crippen molar-refractivity contribution in [3.8, 4) is 0 Å². The van der Waals surface area contributed by atoms with Crippen LogP contribution in [-0.4, -0.2) is 48.5 Å². The second-order valence-electron chi connectivity index (χ2n) is 4.42. The van der Waals surface area contributed by atoms with Crippen LogP contribution in [0.5, 0.6) is 0 Å². The van der Waals surface area contributed by atoms with Crippen molar-refractivity contribution < 1.29 is 55.0 Å². The number of halogens is 7. The van der Waals surface area contributed by atoms with Crippen LogP contribution in [0.2, 0.25) is 0 Å². The van der Waals surface area contributed by atoms with Gasteiger partial charge in [-0.1, -0.05) is 6.92 Å². The molecule has 0 heterocycles. The predicted octanol–water partition coefficient (Wildman–Crippen LogP) is 0.397. The zero-order valence-electron chi connectivity index (χ0n) is 11.9. The average Bonchev–Trinajstić information content (AvgIpc) is 2.41. The third kappa shape index (κ3) is 4.96. The Labute approximate surface area is 129 Å². The Balaban J connectivity index is 5.37. The summed E-state index contributed by atoms with van der Waals surface area (Å²) in [5.41, 5.74) is 0. The molecule has 0 aromatic heterocycles. The lowest BCUT2D eigenvalue weighted by molar-refractivity contribution is -0.344. The lowest BCUT2D eigenvalue weighted by Gasteiger charge is -2.28. The maximum atomic E-state index is 13.1. The predicted molar refractivity (Wildman–Crippen MR) is 58.8 cm³/mol. The highest BCUT2D eigenvalue weighted by Crippen LogP contribution is 2.46. The number of amides is 1. The van der Waals surface area contributed by atoms with Crippen molar-refractivity contribution in [2.45, 2.75) is 43.8 Å². The number of hydrogen-bond acceptors (Lipinski definition) is 5. The van der Waals surface area contributed by atoms with Gasteiger partial charge in [0.25, 0.3) is 5.91 Å². The van der Waals surface area contributed by atoms with Crippen molar-refractivity contribution in [1.29, 1.82) is 0 Å². The van der Waals surface area contributed by atoms with Gasteiger partial charge < -0.3 is 20.0 Å². The molecule has 24 heavy (non-hydrogen) atoms. The fraction of sp³-hybridized carbons (Fsp3) is 0.727. The normalized spacial score (nSPS) is 14.0. The minimum absolute atomic E-state index is 0.194. The molecule has 0 rings (SSSR count). The first-order valence-corrected chi connectivity index (χ1v) is 6.18. The number of hydrogen-bond donors (Lipinski definition) is 1. The summed E-state index contributed by atoms with van der Waals surface area (Å²) in [6.45, 7) is 1.14. The first kappa shape index (κ1) is 21.9. The van der Waals surface area contributed by atoms with Crippen LogP contribution >= 0.6 is 0 Å². The number of carboxylic acids is 1. The molecule has 0 aliphatic carbocycles. The van der Waals surface area contributed by atoms with Gasteiger partial charge in [0.2, 0.25) is 0 Å². The maximum absolute atomic E-state index is 13.1. The van der Waals surface area contributed by atoms with E-state index in [1.165, 1.54) is 6.92 Å². The molecule has 0 aromatic carbocycles. The highest BCUT2D eigenvalue weighted by atomic mass is 19.4. The molecule has 0 spiro atoms. The second kappa shape index (κ2) is 7.66. The highest BCUT2D eigenvalue weighted by molar-refractivity contribution is 5.91. The van der Waals surface area contributed by atoms with Crippen LogP contribution in [0.4, 0.5) is 30.7 Å². The zero-order chi connectivity index (χ0) is 19.3. The SMILES string of the molecule is CCCOC(=O)[C@H](CC(=O)[O-])NC(=O)C(F)(F)C(F)(F)C(F)(F)F. The van der Waals surface area contributed by atoms with E-state index < -0.39 is 48.3 Å². The molecule has 6 nitrogen and oxygen atoms in total. The largest absolute Gasteiger partial charge is 0.550 e. The summed E-state index contributed by atoms with van der Waals surface area (Å²) in [5, 5.41) is 11.2. The molecule has 0 aliphatic rings. The molecule has 0 aromatic rings. The van der Waals surface area contributed by atoms with E-state index >= 15 is 0 Å². The molecule has 0 fully saturated rings. The molecular weight excluding hydrogens is 359 g/mol. The Morgan fingerprint density at radius 2 is 1.58 bits per heavy atom. The van der Waals surface area contributed by atoms with Gasteiger partial charge in [0.15, 0.2) is 0 Å². The molecule has 0 aliphatic heterocycles. The van der Waals surface area contributed by atoms with Crippen molar-refractivity contribution >= 4 is 17.8 Å². The number of nitrogens with one attached hydrogen (secondary N) is 1. The Morgan fingerprint density at radius 1 is 1.08 bits per heavy atom. The highest BCUT2D eigenvalue weighted by Gasteiger charge is 2.76. The lowest BCUT2D eigenvalue weighted by Crippen LogP contribution is -2.61. The summed E-state index contributed by atoms with van der Waals surface area (Å²) < 4.78 is 91.8. The van der Waals surface area contributed by atoms with E-state index in [-0.39, 0.29) is 13.0 Å². The summed E-state index contributed by atoms with van der Waals surface area (Å²) in [5.74, 6) is -19.9. The van der Waals surface area contributed by atoms with Gasteiger partial charge in [0.1, 0.15) is 6.04 Å². The summed E-state index contributed by atoms with van der Waals surface area (Å²) >= 11 is 0. The zero-order valence-corrected chi connectivity index (χ0v) is 11.9. The van der Waals surface area contributed by atoms with Gasteiger partial charge in [-0.05, 0) is 6.42 Å². The van der Waals surface area contributed by atoms with Crippen LogP contribution in [0.25, 0.3) is 0 Å². The molecule has 1 amide bonds. The van der Waals surface area contributed by atoms with Gasteiger partial charge in [-0.3, -0.25) is 4.79 Å². The van der Waals surface area contributed by atoms with E-state index in [9.17, 15) is 50.2 Å². The van der Waals surface area contributed by atoms with Crippen LogP contribution in [0, 0.1) is 0 Å². The molecule has 140 valence electrons. The number of carboxylic acid groups (broad SMARTS) is 1. The Morgan fingerprint density at radius 3 is 1.96 bits per heavy atom. The Hall–Kier alpha value is -2.08. The number of esters is 1. The van der Waals surface area contributed by atoms with Crippen molar-refractivity contribution in [3.63, 3.8) is 0 Å². The molecule has 0 saturated carbocycles. The first-order chi connectivity index (χ1) is 10.7. The minimum Gasteiger partial charge on any atom is -0.550 e. The lowest BCUT2D eigenvalue weighted by atomic mass is 10.1. The van der Waals surface area contributed by atoms with Crippen molar-refractivity contribution in [2.75, 3.05) is 6.61 Å². The number of alkyl halides is 7. The van der Waals surface area contributed by atoms with Crippen LogP contribution in [-0.2, 0) is 19.1 Å². The molecule has 1 atom stereocenters. The van der Waals surface area contributed by atoms with Gasteiger partial charge in [0, 0.05) is 12.4 Å². The topological polar surface area (TPSA) is 95.5 Å². The number of aliphatic carboxylic acids is 1. The standard InChI is InChI=1S/C11H12F7NO5/c1-2-3-24-7(22)5(4-6(20)21)19-8(23)9(12,13)10(14,15)11(16,17)18/h5H,2-4H2,1H3,(H,19,23)(H,20,21)/p-1/t5-/m0/s1. The van der Waals surface area contributed by atoms with Crippen LogP contribution in [0.1, 0.15) is 19.8 Å². The first-order valence-electron chi connectivity index (χ1n) is 6.18. The fourth-order valence-electron chi connectivity index (χ4n) is 1.23. The van der Waals surface area contributed by atoms with E-state index in [0.29, 0.717) is 0 Å². The Kier molecular flexibility index (Phi) is 7.00.